The van der Waals surface area contributed by atoms with Crippen LogP contribution in [0.5, 0.6) is 5.75 Å². The summed E-state index contributed by atoms with van der Waals surface area (Å²) in [6.07, 6.45) is -3.90. The zero-order valence-corrected chi connectivity index (χ0v) is 17.8. The molecular weight excluding hydrogens is 405 g/mol. The van der Waals surface area contributed by atoms with E-state index in [0.717, 1.165) is 23.2 Å². The van der Waals surface area contributed by atoms with Crippen LogP contribution in [0.4, 0.5) is 30.6 Å². The molecule has 1 aromatic heterocycles. The molecule has 0 unspecified atom stereocenters. The van der Waals surface area contributed by atoms with Crippen LogP contribution in [0.1, 0.15) is 31.4 Å². The average molecular weight is 430 g/mol. The highest BCUT2D eigenvalue weighted by molar-refractivity contribution is 5.69. The Morgan fingerprint density at radius 1 is 1.03 bits per heavy atom. The maximum atomic E-state index is 12.6. The number of aryl methyl sites for hydroxylation is 2. The lowest BCUT2D eigenvalue weighted by atomic mass is 10.1. The first-order valence-corrected chi connectivity index (χ1v) is 9.99. The van der Waals surface area contributed by atoms with Gasteiger partial charge in [0, 0.05) is 23.4 Å². The quantitative estimate of drug-likeness (QED) is 0.441. The molecule has 0 aliphatic carbocycles. The van der Waals surface area contributed by atoms with E-state index in [1.54, 1.807) is 12.1 Å². The van der Waals surface area contributed by atoms with Crippen LogP contribution in [0.3, 0.4) is 0 Å². The number of halogens is 3. The van der Waals surface area contributed by atoms with Crippen LogP contribution in [-0.2, 0) is 0 Å². The predicted molar refractivity (Wildman–Crippen MR) is 117 cm³/mol. The zero-order valence-electron chi connectivity index (χ0n) is 17.8. The Bertz CT molecular complexity index is 1050. The van der Waals surface area contributed by atoms with Crippen LogP contribution in [0, 0.1) is 13.8 Å². The summed E-state index contributed by atoms with van der Waals surface area (Å²) >= 11 is 0. The molecule has 0 amide bonds. The molecule has 0 aliphatic heterocycles. The molecule has 1 heterocycles. The Labute approximate surface area is 179 Å². The number of anilines is 3. The van der Waals surface area contributed by atoms with E-state index >= 15 is 0 Å². The SMILES string of the molecule is CC[C@@H](C)Nc1nc(Nc2cc(C)ccc2C)cc(-c2cccc(OC(F)(F)F)c2)n1. The van der Waals surface area contributed by atoms with Gasteiger partial charge in [-0.25, -0.2) is 4.98 Å². The van der Waals surface area contributed by atoms with Crippen molar-refractivity contribution < 1.29 is 17.9 Å². The first-order chi connectivity index (χ1) is 14.6. The third-order valence-corrected chi connectivity index (χ3v) is 4.73. The van der Waals surface area contributed by atoms with Crippen molar-refractivity contribution in [3.63, 3.8) is 0 Å². The summed E-state index contributed by atoms with van der Waals surface area (Å²) in [4.78, 5) is 9.06. The summed E-state index contributed by atoms with van der Waals surface area (Å²) in [7, 11) is 0. The lowest BCUT2D eigenvalue weighted by Crippen LogP contribution is -2.17. The number of aromatic nitrogens is 2. The topological polar surface area (TPSA) is 59.1 Å². The van der Waals surface area contributed by atoms with Crippen molar-refractivity contribution in [2.45, 2.75) is 46.5 Å². The van der Waals surface area contributed by atoms with E-state index < -0.39 is 6.36 Å². The summed E-state index contributed by atoms with van der Waals surface area (Å²) in [5, 5.41) is 6.54. The van der Waals surface area contributed by atoms with Gasteiger partial charge in [0.2, 0.25) is 5.95 Å². The lowest BCUT2D eigenvalue weighted by Gasteiger charge is -2.16. The molecule has 1 atom stereocenters. The lowest BCUT2D eigenvalue weighted by molar-refractivity contribution is -0.274. The molecular formula is C23H25F3N4O. The van der Waals surface area contributed by atoms with Crippen molar-refractivity contribution in [3.8, 4) is 17.0 Å². The number of nitrogens with zero attached hydrogens (tertiary/aromatic N) is 2. The average Bonchev–Trinajstić information content (AvgIpc) is 2.69. The minimum Gasteiger partial charge on any atom is -0.406 e. The molecule has 0 aliphatic rings. The molecule has 31 heavy (non-hydrogen) atoms. The van der Waals surface area contributed by atoms with Gasteiger partial charge in [-0.3, -0.25) is 0 Å². The smallest absolute Gasteiger partial charge is 0.406 e. The number of alkyl halides is 3. The minimum atomic E-state index is -4.76. The number of rotatable bonds is 7. The normalized spacial score (nSPS) is 12.4. The Hall–Kier alpha value is -3.29. The van der Waals surface area contributed by atoms with Crippen molar-refractivity contribution in [1.82, 2.24) is 9.97 Å². The first kappa shape index (κ1) is 22.4. The van der Waals surface area contributed by atoms with Crippen LogP contribution in [-0.4, -0.2) is 22.4 Å². The summed E-state index contributed by atoms with van der Waals surface area (Å²) in [5.74, 6) is 0.623. The van der Waals surface area contributed by atoms with Crippen LogP contribution in [0.25, 0.3) is 11.3 Å². The van der Waals surface area contributed by atoms with Crippen LogP contribution in [0.2, 0.25) is 0 Å². The Balaban J connectivity index is 2.01. The monoisotopic (exact) mass is 430 g/mol. The highest BCUT2D eigenvalue weighted by Crippen LogP contribution is 2.30. The van der Waals surface area contributed by atoms with Gasteiger partial charge in [0.1, 0.15) is 11.6 Å². The second kappa shape index (κ2) is 9.24. The Morgan fingerprint density at radius 3 is 2.52 bits per heavy atom. The van der Waals surface area contributed by atoms with E-state index in [1.807, 2.05) is 45.9 Å². The third-order valence-electron chi connectivity index (χ3n) is 4.73. The number of ether oxygens (including phenoxy) is 1. The molecule has 3 aromatic rings. The molecule has 164 valence electrons. The van der Waals surface area contributed by atoms with Crippen LogP contribution in [0.15, 0.2) is 48.5 Å². The Kier molecular flexibility index (Phi) is 6.68. The molecule has 2 aromatic carbocycles. The maximum absolute atomic E-state index is 12.6. The van der Waals surface area contributed by atoms with Gasteiger partial charge in [-0.2, -0.15) is 4.98 Å². The predicted octanol–water partition coefficient (Wildman–Crippen LogP) is 6.61. The van der Waals surface area contributed by atoms with Gasteiger partial charge in [-0.05, 0) is 56.5 Å². The highest BCUT2D eigenvalue weighted by atomic mass is 19.4. The van der Waals surface area contributed by atoms with E-state index in [1.165, 1.54) is 18.2 Å². The van der Waals surface area contributed by atoms with Gasteiger partial charge in [0.05, 0.1) is 5.69 Å². The van der Waals surface area contributed by atoms with Gasteiger partial charge >= 0.3 is 6.36 Å². The first-order valence-electron chi connectivity index (χ1n) is 9.99. The standard InChI is InChI=1S/C23H25F3N4O/c1-5-16(4)27-22-29-20(17-7-6-8-18(12-17)31-23(24,25)26)13-21(30-22)28-19-11-14(2)9-10-15(19)3/h6-13,16H,5H2,1-4H3,(H2,27,28,29,30)/t16-/m1/s1. The van der Waals surface area contributed by atoms with Crippen molar-refractivity contribution >= 4 is 17.5 Å². The van der Waals surface area contributed by atoms with E-state index in [-0.39, 0.29) is 11.8 Å². The molecule has 8 heteroatoms. The molecule has 0 radical (unpaired) electrons. The second-order valence-electron chi connectivity index (χ2n) is 7.43. The maximum Gasteiger partial charge on any atom is 0.573 e. The third kappa shape index (κ3) is 6.34. The fourth-order valence-corrected chi connectivity index (χ4v) is 2.91. The van der Waals surface area contributed by atoms with Gasteiger partial charge in [-0.15, -0.1) is 13.2 Å². The second-order valence-corrected chi connectivity index (χ2v) is 7.43. The summed E-state index contributed by atoms with van der Waals surface area (Å²) < 4.78 is 41.9. The summed E-state index contributed by atoms with van der Waals surface area (Å²) in [5.41, 5.74) is 4.00. The van der Waals surface area contributed by atoms with Crippen molar-refractivity contribution in [1.29, 1.82) is 0 Å². The largest absolute Gasteiger partial charge is 0.573 e. The van der Waals surface area contributed by atoms with E-state index in [4.69, 9.17) is 0 Å². The molecule has 0 saturated carbocycles. The number of benzene rings is 2. The van der Waals surface area contributed by atoms with E-state index in [9.17, 15) is 13.2 Å². The summed E-state index contributed by atoms with van der Waals surface area (Å²) in [6, 6.07) is 13.6. The Morgan fingerprint density at radius 2 is 1.81 bits per heavy atom. The fraction of sp³-hybridized carbons (Fsp3) is 0.304. The molecule has 0 bridgehead atoms. The summed E-state index contributed by atoms with van der Waals surface area (Å²) in [6.45, 7) is 8.03. The van der Waals surface area contributed by atoms with Gasteiger partial charge in [-0.1, -0.05) is 31.2 Å². The van der Waals surface area contributed by atoms with Crippen molar-refractivity contribution in [3.05, 3.63) is 59.7 Å². The zero-order chi connectivity index (χ0) is 22.6. The molecule has 3 rings (SSSR count). The number of nitrogens with one attached hydrogen (secondary N) is 2. The van der Waals surface area contributed by atoms with Crippen molar-refractivity contribution in [2.75, 3.05) is 10.6 Å². The molecule has 0 spiro atoms. The molecule has 5 nitrogen and oxygen atoms in total. The number of hydrogen-bond donors (Lipinski definition) is 2. The van der Waals surface area contributed by atoms with E-state index in [0.29, 0.717) is 23.0 Å². The number of hydrogen-bond acceptors (Lipinski definition) is 5. The fourth-order valence-electron chi connectivity index (χ4n) is 2.91. The van der Waals surface area contributed by atoms with Crippen LogP contribution < -0.4 is 15.4 Å². The van der Waals surface area contributed by atoms with E-state index in [2.05, 4.69) is 25.3 Å². The van der Waals surface area contributed by atoms with Gasteiger partial charge in [0.15, 0.2) is 0 Å². The molecule has 0 fully saturated rings. The van der Waals surface area contributed by atoms with Crippen molar-refractivity contribution in [2.24, 2.45) is 0 Å². The van der Waals surface area contributed by atoms with Gasteiger partial charge in [0.25, 0.3) is 0 Å². The van der Waals surface area contributed by atoms with Crippen LogP contribution >= 0.6 is 0 Å². The van der Waals surface area contributed by atoms with Gasteiger partial charge < -0.3 is 15.4 Å². The molecule has 0 saturated heterocycles. The highest BCUT2D eigenvalue weighted by Gasteiger charge is 2.31. The molecule has 2 N–H and O–H groups in total. The minimum absolute atomic E-state index is 0.128.